The van der Waals surface area contributed by atoms with Crippen LogP contribution in [0.15, 0.2) is 16.6 Å². The average Bonchev–Trinajstić information content (AvgIpc) is 2.17. The molecule has 82 valence electrons. The fourth-order valence-electron chi connectivity index (χ4n) is 1.03. The largest absolute Gasteiger partial charge is 0.480 e. The molecular weight excluding hydrogens is 272 g/mol. The molecule has 0 fully saturated rings. The van der Waals surface area contributed by atoms with E-state index in [0.717, 1.165) is 6.07 Å². The average molecular weight is 280 g/mol. The number of carbonyl (C=O) groups is 1. The molecule has 0 saturated carbocycles. The zero-order valence-corrected chi connectivity index (χ0v) is 9.14. The summed E-state index contributed by atoms with van der Waals surface area (Å²) in [5.74, 6) is -2.49. The van der Waals surface area contributed by atoms with Gasteiger partial charge < -0.3 is 10.4 Å². The van der Waals surface area contributed by atoms with Crippen molar-refractivity contribution < 1.29 is 18.7 Å². The summed E-state index contributed by atoms with van der Waals surface area (Å²) in [7, 11) is 0. The Morgan fingerprint density at radius 3 is 2.73 bits per heavy atom. The van der Waals surface area contributed by atoms with Gasteiger partial charge in [-0.3, -0.25) is 4.79 Å². The number of nitrogens with one attached hydrogen (secondary N) is 1. The first-order chi connectivity index (χ1) is 7.02. The third-order valence-corrected chi connectivity index (χ3v) is 2.33. The van der Waals surface area contributed by atoms with Crippen LogP contribution in [0.25, 0.3) is 0 Å². The molecule has 6 heteroatoms. The number of aliphatic carboxylic acids is 1. The molecule has 0 saturated heterocycles. The molecule has 0 spiro atoms. The van der Waals surface area contributed by atoms with Crippen molar-refractivity contribution >= 4 is 21.9 Å². The molecule has 0 atom stereocenters. The Balaban J connectivity index is 2.75. The molecule has 0 radical (unpaired) electrons. The lowest BCUT2D eigenvalue weighted by atomic mass is 10.2. The van der Waals surface area contributed by atoms with Gasteiger partial charge in [-0.25, -0.2) is 8.78 Å². The van der Waals surface area contributed by atoms with E-state index in [2.05, 4.69) is 21.2 Å². The molecule has 0 bridgehead atoms. The van der Waals surface area contributed by atoms with Crippen molar-refractivity contribution in [3.05, 3.63) is 33.8 Å². The lowest BCUT2D eigenvalue weighted by Crippen LogP contribution is -2.23. The van der Waals surface area contributed by atoms with Crippen LogP contribution in [-0.2, 0) is 11.3 Å². The van der Waals surface area contributed by atoms with Crippen molar-refractivity contribution in [1.82, 2.24) is 5.32 Å². The first-order valence-corrected chi connectivity index (χ1v) is 4.86. The van der Waals surface area contributed by atoms with Crippen LogP contribution >= 0.6 is 15.9 Å². The highest BCUT2D eigenvalue weighted by Gasteiger charge is 2.11. The highest BCUT2D eigenvalue weighted by atomic mass is 79.9. The molecule has 1 aromatic rings. The van der Waals surface area contributed by atoms with Gasteiger partial charge in [-0.15, -0.1) is 0 Å². The van der Waals surface area contributed by atoms with Crippen LogP contribution in [0.2, 0.25) is 0 Å². The number of benzene rings is 1. The summed E-state index contributed by atoms with van der Waals surface area (Å²) in [6, 6.07) is 2.37. The quantitative estimate of drug-likeness (QED) is 0.828. The number of hydrogen-bond donors (Lipinski definition) is 2. The van der Waals surface area contributed by atoms with Gasteiger partial charge in [0.2, 0.25) is 0 Å². The number of carboxylic acid groups (broad SMARTS) is 1. The lowest BCUT2D eigenvalue weighted by molar-refractivity contribution is -0.136. The van der Waals surface area contributed by atoms with E-state index >= 15 is 0 Å². The molecule has 15 heavy (non-hydrogen) atoms. The normalized spacial score (nSPS) is 10.3. The van der Waals surface area contributed by atoms with Crippen molar-refractivity contribution in [1.29, 1.82) is 0 Å². The van der Waals surface area contributed by atoms with E-state index < -0.39 is 17.6 Å². The lowest BCUT2D eigenvalue weighted by Gasteiger charge is -2.06. The van der Waals surface area contributed by atoms with Gasteiger partial charge in [-0.05, 0) is 28.1 Å². The Hall–Kier alpha value is -1.01. The third kappa shape index (κ3) is 3.24. The summed E-state index contributed by atoms with van der Waals surface area (Å²) < 4.78 is 26.6. The van der Waals surface area contributed by atoms with Crippen LogP contribution in [0.5, 0.6) is 0 Å². The van der Waals surface area contributed by atoms with Gasteiger partial charge in [0.25, 0.3) is 0 Å². The Morgan fingerprint density at radius 1 is 1.47 bits per heavy atom. The van der Waals surface area contributed by atoms with Crippen LogP contribution in [0.4, 0.5) is 8.78 Å². The smallest absolute Gasteiger partial charge is 0.317 e. The third-order valence-electron chi connectivity index (χ3n) is 1.72. The Labute approximate surface area is 93.2 Å². The minimum atomic E-state index is -1.08. The van der Waals surface area contributed by atoms with E-state index in [1.807, 2.05) is 0 Å². The van der Waals surface area contributed by atoms with Crippen molar-refractivity contribution in [3.8, 4) is 0 Å². The molecule has 0 aromatic heterocycles. The summed E-state index contributed by atoms with van der Waals surface area (Å²) in [5.41, 5.74) is -0.175. The first-order valence-electron chi connectivity index (χ1n) is 4.07. The van der Waals surface area contributed by atoms with Crippen LogP contribution in [0.1, 0.15) is 5.56 Å². The predicted octanol–water partition coefficient (Wildman–Crippen LogP) is 1.90. The first kappa shape index (κ1) is 12.1. The van der Waals surface area contributed by atoms with Crippen molar-refractivity contribution in [2.75, 3.05) is 6.54 Å². The fourth-order valence-corrected chi connectivity index (χ4v) is 1.40. The zero-order valence-electron chi connectivity index (χ0n) is 7.56. The van der Waals surface area contributed by atoms with Crippen LogP contribution in [-0.4, -0.2) is 17.6 Å². The Kier molecular flexibility index (Phi) is 4.16. The van der Waals surface area contributed by atoms with Crippen molar-refractivity contribution in [2.24, 2.45) is 0 Å². The van der Waals surface area contributed by atoms with E-state index in [-0.39, 0.29) is 23.1 Å². The highest BCUT2D eigenvalue weighted by Crippen LogP contribution is 2.21. The molecule has 1 rings (SSSR count). The second-order valence-electron chi connectivity index (χ2n) is 2.82. The molecular formula is C9H8BrF2NO2. The van der Waals surface area contributed by atoms with E-state index in [9.17, 15) is 13.6 Å². The maximum atomic E-state index is 13.3. The van der Waals surface area contributed by atoms with Crippen molar-refractivity contribution in [3.63, 3.8) is 0 Å². The molecule has 1 aromatic carbocycles. The second-order valence-corrected chi connectivity index (χ2v) is 3.67. The summed E-state index contributed by atoms with van der Waals surface area (Å²) in [5, 5.41) is 10.7. The number of halogens is 3. The van der Waals surface area contributed by atoms with E-state index in [1.165, 1.54) is 6.07 Å². The van der Waals surface area contributed by atoms with Gasteiger partial charge in [0.1, 0.15) is 11.6 Å². The van der Waals surface area contributed by atoms with Gasteiger partial charge in [0.15, 0.2) is 0 Å². The van der Waals surface area contributed by atoms with Gasteiger partial charge in [-0.2, -0.15) is 0 Å². The van der Waals surface area contributed by atoms with Crippen LogP contribution < -0.4 is 5.32 Å². The van der Waals surface area contributed by atoms with E-state index in [0.29, 0.717) is 0 Å². The molecule has 0 aliphatic rings. The molecule has 0 unspecified atom stereocenters. The van der Waals surface area contributed by atoms with Gasteiger partial charge >= 0.3 is 5.97 Å². The topological polar surface area (TPSA) is 49.3 Å². The predicted molar refractivity (Wildman–Crippen MR) is 53.4 cm³/mol. The highest BCUT2D eigenvalue weighted by molar-refractivity contribution is 9.10. The summed E-state index contributed by atoms with van der Waals surface area (Å²) in [6.07, 6.45) is 0. The molecule has 0 amide bonds. The van der Waals surface area contributed by atoms with Crippen LogP contribution in [0, 0.1) is 11.6 Å². The fraction of sp³-hybridized carbons (Fsp3) is 0.222. The Bertz CT molecular complexity index is 385. The molecule has 0 aliphatic heterocycles. The molecule has 3 nitrogen and oxygen atoms in total. The zero-order chi connectivity index (χ0) is 11.4. The van der Waals surface area contributed by atoms with Gasteiger partial charge in [-0.1, -0.05) is 0 Å². The maximum Gasteiger partial charge on any atom is 0.317 e. The minimum absolute atomic E-state index is 0.149. The minimum Gasteiger partial charge on any atom is -0.480 e. The number of rotatable bonds is 4. The Morgan fingerprint density at radius 2 is 2.13 bits per heavy atom. The van der Waals surface area contributed by atoms with Gasteiger partial charge in [0.05, 0.1) is 11.0 Å². The number of carboxylic acids is 1. The second kappa shape index (κ2) is 5.18. The summed E-state index contributed by atoms with van der Waals surface area (Å²) >= 11 is 2.92. The molecule has 2 N–H and O–H groups in total. The number of hydrogen-bond acceptors (Lipinski definition) is 2. The van der Waals surface area contributed by atoms with E-state index in [4.69, 9.17) is 5.11 Å². The summed E-state index contributed by atoms with van der Waals surface area (Å²) in [6.45, 7) is -0.505. The monoisotopic (exact) mass is 279 g/mol. The van der Waals surface area contributed by atoms with Gasteiger partial charge in [0, 0.05) is 12.1 Å². The SMILES string of the molecule is O=C(O)CNCc1c(F)ccc(Br)c1F. The van der Waals surface area contributed by atoms with Crippen LogP contribution in [0.3, 0.4) is 0 Å². The molecule has 0 heterocycles. The van der Waals surface area contributed by atoms with Crippen molar-refractivity contribution in [2.45, 2.75) is 6.54 Å². The standard InChI is InChI=1S/C9H8BrF2NO2/c10-6-1-2-7(11)5(9(6)12)3-13-4-8(14)15/h1-2,13H,3-4H2,(H,14,15). The van der Waals surface area contributed by atoms with E-state index in [1.54, 1.807) is 0 Å². The maximum absolute atomic E-state index is 13.3. The summed E-state index contributed by atoms with van der Waals surface area (Å²) in [4.78, 5) is 10.2. The molecule has 0 aliphatic carbocycles.